The summed E-state index contributed by atoms with van der Waals surface area (Å²) in [7, 11) is 0. The molecule has 0 heterocycles. The number of rotatable bonds is 6. The minimum absolute atomic E-state index is 0.237. The van der Waals surface area contributed by atoms with Gasteiger partial charge in [-0.2, -0.15) is 11.8 Å². The van der Waals surface area contributed by atoms with Crippen LogP contribution in [0.15, 0.2) is 18.2 Å². The molecule has 0 radical (unpaired) electrons. The third-order valence-corrected chi connectivity index (χ3v) is 4.04. The summed E-state index contributed by atoms with van der Waals surface area (Å²) in [5.74, 6) is 4.96. The number of halogens is 2. The van der Waals surface area contributed by atoms with Gasteiger partial charge in [-0.15, -0.1) is 0 Å². The lowest BCUT2D eigenvalue weighted by molar-refractivity contribution is 0.559. The second-order valence-corrected chi connectivity index (χ2v) is 5.45. The Morgan fingerprint density at radius 3 is 2.35 bits per heavy atom. The van der Waals surface area contributed by atoms with E-state index in [0.29, 0.717) is 16.6 Å². The van der Waals surface area contributed by atoms with Gasteiger partial charge in [-0.3, -0.25) is 11.3 Å². The molecular weight excluding hydrogens is 242 g/mol. The second kappa shape index (κ2) is 6.93. The van der Waals surface area contributed by atoms with E-state index in [9.17, 15) is 8.78 Å². The summed E-state index contributed by atoms with van der Waals surface area (Å²) in [6, 6.07) is 3.24. The summed E-state index contributed by atoms with van der Waals surface area (Å²) in [6.45, 7) is 4.22. The molecule has 1 aromatic carbocycles. The molecule has 2 nitrogen and oxygen atoms in total. The zero-order chi connectivity index (χ0) is 12.8. The van der Waals surface area contributed by atoms with Gasteiger partial charge < -0.3 is 0 Å². The molecule has 0 fully saturated rings. The predicted molar refractivity (Wildman–Crippen MR) is 68.6 cm³/mol. The fraction of sp³-hybridized carbons (Fsp3) is 0.500. The van der Waals surface area contributed by atoms with Gasteiger partial charge in [-0.25, -0.2) is 8.78 Å². The normalized spacial score (nSPS) is 14.6. The molecule has 0 aliphatic rings. The van der Waals surface area contributed by atoms with Crippen molar-refractivity contribution in [2.75, 3.05) is 5.75 Å². The van der Waals surface area contributed by atoms with Gasteiger partial charge in [0.05, 0.1) is 6.04 Å². The Labute approximate surface area is 105 Å². The zero-order valence-corrected chi connectivity index (χ0v) is 10.9. The molecule has 3 N–H and O–H groups in total. The minimum Gasteiger partial charge on any atom is -0.271 e. The maximum absolute atomic E-state index is 13.1. The smallest absolute Gasteiger partial charge is 0.126 e. The molecule has 0 spiro atoms. The maximum Gasteiger partial charge on any atom is 0.126 e. The van der Waals surface area contributed by atoms with Crippen LogP contribution in [0.25, 0.3) is 0 Å². The molecule has 2 unspecified atom stereocenters. The molecular formula is C12H18F2N2S. The molecule has 0 aromatic heterocycles. The highest BCUT2D eigenvalue weighted by molar-refractivity contribution is 7.99. The monoisotopic (exact) mass is 260 g/mol. The molecule has 1 rings (SSSR count). The van der Waals surface area contributed by atoms with Gasteiger partial charge in [0.1, 0.15) is 11.6 Å². The number of nitrogens with one attached hydrogen (secondary N) is 1. The third kappa shape index (κ3) is 4.61. The van der Waals surface area contributed by atoms with Crippen LogP contribution in [0.4, 0.5) is 8.78 Å². The van der Waals surface area contributed by atoms with Crippen molar-refractivity contribution in [1.29, 1.82) is 0 Å². The van der Waals surface area contributed by atoms with Gasteiger partial charge >= 0.3 is 0 Å². The lowest BCUT2D eigenvalue weighted by Gasteiger charge is -2.18. The molecule has 96 valence electrons. The number of hydrazine groups is 1. The average molecular weight is 260 g/mol. The molecule has 1 aromatic rings. The lowest BCUT2D eigenvalue weighted by Crippen LogP contribution is -2.30. The van der Waals surface area contributed by atoms with Crippen molar-refractivity contribution in [2.45, 2.75) is 31.6 Å². The highest BCUT2D eigenvalue weighted by Crippen LogP contribution is 2.23. The molecule has 0 saturated carbocycles. The zero-order valence-electron chi connectivity index (χ0n) is 10.0. The SMILES string of the molecule is CCC(C)SCC(NN)c1cc(F)cc(F)c1. The first kappa shape index (κ1) is 14.4. The average Bonchev–Trinajstić information content (AvgIpc) is 2.28. The van der Waals surface area contributed by atoms with Crippen molar-refractivity contribution in [2.24, 2.45) is 5.84 Å². The standard InChI is InChI=1S/C12H18F2N2S/c1-3-8(2)17-7-12(16-15)9-4-10(13)6-11(14)5-9/h4-6,8,12,16H,3,7,15H2,1-2H3. The topological polar surface area (TPSA) is 38.0 Å². The van der Waals surface area contributed by atoms with Crippen LogP contribution in [0, 0.1) is 11.6 Å². The van der Waals surface area contributed by atoms with E-state index in [4.69, 9.17) is 5.84 Å². The number of hydrogen-bond donors (Lipinski definition) is 2. The quantitative estimate of drug-likeness (QED) is 0.610. The van der Waals surface area contributed by atoms with Crippen LogP contribution in [-0.2, 0) is 0 Å². The molecule has 5 heteroatoms. The lowest BCUT2D eigenvalue weighted by atomic mass is 10.1. The van der Waals surface area contributed by atoms with Crippen molar-refractivity contribution in [3.8, 4) is 0 Å². The Balaban J connectivity index is 2.72. The van der Waals surface area contributed by atoms with E-state index in [0.717, 1.165) is 12.5 Å². The number of thioether (sulfide) groups is 1. The minimum atomic E-state index is -0.575. The van der Waals surface area contributed by atoms with Gasteiger partial charge in [0.15, 0.2) is 0 Å². The number of nitrogens with two attached hydrogens (primary N) is 1. The van der Waals surface area contributed by atoms with Crippen LogP contribution in [0.2, 0.25) is 0 Å². The summed E-state index contributed by atoms with van der Waals surface area (Å²) in [4.78, 5) is 0. The van der Waals surface area contributed by atoms with E-state index in [-0.39, 0.29) is 6.04 Å². The molecule has 17 heavy (non-hydrogen) atoms. The van der Waals surface area contributed by atoms with Crippen molar-refractivity contribution in [1.82, 2.24) is 5.43 Å². The predicted octanol–water partition coefficient (Wildman–Crippen LogP) is 3.00. The molecule has 0 amide bonds. The Bertz CT molecular complexity index is 340. The van der Waals surface area contributed by atoms with E-state index in [1.54, 1.807) is 11.8 Å². The molecule has 0 bridgehead atoms. The third-order valence-electron chi connectivity index (χ3n) is 2.61. The van der Waals surface area contributed by atoms with Gasteiger partial charge in [-0.05, 0) is 24.1 Å². The molecule has 0 saturated heterocycles. The van der Waals surface area contributed by atoms with E-state index in [1.807, 2.05) is 0 Å². The van der Waals surface area contributed by atoms with Crippen molar-refractivity contribution in [3.63, 3.8) is 0 Å². The van der Waals surface area contributed by atoms with Gasteiger partial charge in [-0.1, -0.05) is 13.8 Å². The summed E-state index contributed by atoms with van der Waals surface area (Å²) in [5.41, 5.74) is 3.14. The maximum atomic E-state index is 13.1. The van der Waals surface area contributed by atoms with Crippen molar-refractivity contribution >= 4 is 11.8 Å². The highest BCUT2D eigenvalue weighted by atomic mass is 32.2. The van der Waals surface area contributed by atoms with Crippen molar-refractivity contribution in [3.05, 3.63) is 35.4 Å². The Morgan fingerprint density at radius 1 is 1.29 bits per heavy atom. The molecule has 2 atom stereocenters. The molecule has 0 aliphatic heterocycles. The Kier molecular flexibility index (Phi) is 5.88. The highest BCUT2D eigenvalue weighted by Gasteiger charge is 2.13. The van der Waals surface area contributed by atoms with E-state index >= 15 is 0 Å². The fourth-order valence-electron chi connectivity index (χ4n) is 1.40. The molecule has 0 aliphatic carbocycles. The first-order chi connectivity index (χ1) is 8.06. The Hall–Kier alpha value is -0.650. The van der Waals surface area contributed by atoms with Crippen LogP contribution in [-0.4, -0.2) is 11.0 Å². The number of hydrogen-bond acceptors (Lipinski definition) is 3. The first-order valence-electron chi connectivity index (χ1n) is 5.60. The Morgan fingerprint density at radius 2 is 1.88 bits per heavy atom. The van der Waals surface area contributed by atoms with Crippen LogP contribution in [0.1, 0.15) is 31.9 Å². The van der Waals surface area contributed by atoms with Crippen LogP contribution in [0.3, 0.4) is 0 Å². The van der Waals surface area contributed by atoms with Crippen LogP contribution in [0.5, 0.6) is 0 Å². The van der Waals surface area contributed by atoms with E-state index in [2.05, 4.69) is 19.3 Å². The van der Waals surface area contributed by atoms with Crippen molar-refractivity contribution < 1.29 is 8.78 Å². The van der Waals surface area contributed by atoms with E-state index < -0.39 is 11.6 Å². The van der Waals surface area contributed by atoms with Gasteiger partial charge in [0.2, 0.25) is 0 Å². The first-order valence-corrected chi connectivity index (χ1v) is 6.65. The summed E-state index contributed by atoms with van der Waals surface area (Å²) < 4.78 is 26.1. The number of benzene rings is 1. The summed E-state index contributed by atoms with van der Waals surface area (Å²) >= 11 is 1.73. The van der Waals surface area contributed by atoms with Crippen LogP contribution < -0.4 is 11.3 Å². The van der Waals surface area contributed by atoms with Crippen LogP contribution >= 0.6 is 11.8 Å². The van der Waals surface area contributed by atoms with Gasteiger partial charge in [0.25, 0.3) is 0 Å². The van der Waals surface area contributed by atoms with E-state index in [1.165, 1.54) is 12.1 Å². The second-order valence-electron chi connectivity index (χ2n) is 3.97. The summed E-state index contributed by atoms with van der Waals surface area (Å²) in [5, 5.41) is 0.504. The fourth-order valence-corrected chi connectivity index (χ4v) is 2.44. The van der Waals surface area contributed by atoms with Gasteiger partial charge in [0, 0.05) is 17.1 Å². The summed E-state index contributed by atoms with van der Waals surface area (Å²) in [6.07, 6.45) is 1.06. The largest absolute Gasteiger partial charge is 0.271 e.